The highest BCUT2D eigenvalue weighted by Crippen LogP contribution is 2.14. The number of amides is 1. The van der Waals surface area contributed by atoms with Crippen LogP contribution in [-0.2, 0) is 4.79 Å². The van der Waals surface area contributed by atoms with E-state index in [0.29, 0.717) is 5.02 Å². The fraction of sp³-hybridized carbons (Fsp3) is 0.143. The van der Waals surface area contributed by atoms with Crippen molar-refractivity contribution in [2.24, 2.45) is 0 Å². The maximum Gasteiger partial charge on any atom is 0.472 e. The molecule has 1 aromatic heterocycles. The van der Waals surface area contributed by atoms with Gasteiger partial charge in [0.2, 0.25) is 0 Å². The first-order valence-electron chi connectivity index (χ1n) is 3.64. The molecule has 4 nitrogen and oxygen atoms in total. The minimum absolute atomic E-state index is 0.0528. The zero-order chi connectivity index (χ0) is 11.5. The maximum atomic E-state index is 11.7. The van der Waals surface area contributed by atoms with Crippen molar-refractivity contribution in [2.45, 2.75) is 6.18 Å². The summed E-state index contributed by atoms with van der Waals surface area (Å²) in [6.07, 6.45) is -3.71. The lowest BCUT2D eigenvalue weighted by Gasteiger charge is -2.09. The van der Waals surface area contributed by atoms with Crippen LogP contribution >= 0.6 is 11.6 Å². The van der Waals surface area contributed by atoms with Gasteiger partial charge in [0.15, 0.2) is 0 Å². The normalized spacial score (nSPS) is 10.9. The number of pyridine rings is 1. The Morgan fingerprint density at radius 3 is 2.53 bits per heavy atom. The third-order valence-electron chi connectivity index (χ3n) is 1.29. The number of nitrogens with one attached hydrogen (secondary N) is 2. The summed E-state index contributed by atoms with van der Waals surface area (Å²) >= 11 is 5.49. The quantitative estimate of drug-likeness (QED) is 0.773. The molecule has 0 aromatic carbocycles. The molecular formula is C7H5ClF3N3O. The number of carbonyl (C=O) groups is 1. The largest absolute Gasteiger partial charge is 0.472 e. The molecule has 0 spiro atoms. The first-order valence-corrected chi connectivity index (χ1v) is 4.02. The van der Waals surface area contributed by atoms with Crippen LogP contribution in [0.1, 0.15) is 0 Å². The average molecular weight is 240 g/mol. The smallest absolute Gasteiger partial charge is 0.282 e. The van der Waals surface area contributed by atoms with E-state index in [0.717, 1.165) is 0 Å². The first kappa shape index (κ1) is 11.6. The van der Waals surface area contributed by atoms with Crippen LogP contribution < -0.4 is 10.9 Å². The van der Waals surface area contributed by atoms with Gasteiger partial charge in [-0.15, -0.1) is 0 Å². The van der Waals surface area contributed by atoms with Crippen molar-refractivity contribution in [1.29, 1.82) is 0 Å². The second kappa shape index (κ2) is 4.35. The van der Waals surface area contributed by atoms with E-state index < -0.39 is 12.1 Å². The molecule has 82 valence electrons. The van der Waals surface area contributed by atoms with Gasteiger partial charge in [0.25, 0.3) is 0 Å². The van der Waals surface area contributed by atoms with Crippen molar-refractivity contribution in [1.82, 2.24) is 10.4 Å². The van der Waals surface area contributed by atoms with Gasteiger partial charge in [-0.3, -0.25) is 15.6 Å². The molecule has 0 radical (unpaired) electrons. The minimum Gasteiger partial charge on any atom is -0.282 e. The first-order chi connectivity index (χ1) is 6.89. The van der Waals surface area contributed by atoms with E-state index in [4.69, 9.17) is 11.6 Å². The van der Waals surface area contributed by atoms with Crippen LogP contribution in [0.4, 0.5) is 19.0 Å². The third kappa shape index (κ3) is 3.62. The van der Waals surface area contributed by atoms with Crippen molar-refractivity contribution >= 4 is 23.3 Å². The van der Waals surface area contributed by atoms with Gasteiger partial charge in [-0.25, -0.2) is 4.98 Å². The second-order valence-electron chi connectivity index (χ2n) is 2.44. The zero-order valence-corrected chi connectivity index (χ0v) is 7.86. The van der Waals surface area contributed by atoms with Crippen LogP contribution in [0.5, 0.6) is 0 Å². The SMILES string of the molecule is O=C(NNc1ccc(Cl)cn1)C(F)(F)F. The van der Waals surface area contributed by atoms with Crippen LogP contribution in [0.2, 0.25) is 5.02 Å². The van der Waals surface area contributed by atoms with Crippen LogP contribution in [0, 0.1) is 0 Å². The molecule has 0 unspecified atom stereocenters. The molecule has 2 N–H and O–H groups in total. The minimum atomic E-state index is -4.93. The van der Waals surface area contributed by atoms with Crippen molar-refractivity contribution in [2.75, 3.05) is 5.43 Å². The van der Waals surface area contributed by atoms with Gasteiger partial charge >= 0.3 is 12.1 Å². The Morgan fingerprint density at radius 2 is 2.07 bits per heavy atom. The Morgan fingerprint density at radius 1 is 1.40 bits per heavy atom. The summed E-state index contributed by atoms with van der Waals surface area (Å²) in [6, 6.07) is 2.73. The number of rotatable bonds is 2. The topological polar surface area (TPSA) is 54.0 Å². The Hall–Kier alpha value is -1.50. The van der Waals surface area contributed by atoms with Gasteiger partial charge < -0.3 is 0 Å². The molecule has 15 heavy (non-hydrogen) atoms. The van der Waals surface area contributed by atoms with Crippen LogP contribution in [0.15, 0.2) is 18.3 Å². The summed E-state index contributed by atoms with van der Waals surface area (Å²) < 4.78 is 35.2. The molecule has 1 rings (SSSR count). The van der Waals surface area contributed by atoms with E-state index in [2.05, 4.69) is 4.98 Å². The van der Waals surface area contributed by atoms with E-state index in [-0.39, 0.29) is 5.82 Å². The molecule has 1 heterocycles. The molecule has 0 fully saturated rings. The number of aromatic nitrogens is 1. The fourth-order valence-electron chi connectivity index (χ4n) is 0.641. The molecular weight excluding hydrogens is 235 g/mol. The highest BCUT2D eigenvalue weighted by atomic mass is 35.5. The second-order valence-corrected chi connectivity index (χ2v) is 2.87. The van der Waals surface area contributed by atoms with Gasteiger partial charge in [0, 0.05) is 6.20 Å². The zero-order valence-electron chi connectivity index (χ0n) is 7.10. The summed E-state index contributed by atoms with van der Waals surface area (Å²) in [5, 5.41) is 0.336. The number of anilines is 1. The van der Waals surface area contributed by atoms with Crippen LogP contribution in [0.25, 0.3) is 0 Å². The van der Waals surface area contributed by atoms with Crippen molar-refractivity contribution in [3.63, 3.8) is 0 Å². The van der Waals surface area contributed by atoms with E-state index in [1.807, 2.05) is 5.43 Å². The molecule has 0 aliphatic heterocycles. The Bertz CT molecular complexity index is 351. The lowest BCUT2D eigenvalue weighted by atomic mass is 10.5. The van der Waals surface area contributed by atoms with Gasteiger partial charge in [0.05, 0.1) is 5.02 Å². The Labute approximate surface area is 87.4 Å². The lowest BCUT2D eigenvalue weighted by molar-refractivity contribution is -0.173. The predicted molar refractivity (Wildman–Crippen MR) is 47.1 cm³/mol. The Balaban J connectivity index is 2.51. The number of hydrogen-bond donors (Lipinski definition) is 2. The molecule has 0 aliphatic rings. The lowest BCUT2D eigenvalue weighted by Crippen LogP contribution is -2.40. The number of hydrazine groups is 1. The summed E-state index contributed by atoms with van der Waals surface area (Å²) in [7, 11) is 0. The maximum absolute atomic E-state index is 11.7. The molecule has 0 bridgehead atoms. The van der Waals surface area contributed by atoms with E-state index in [1.54, 1.807) is 0 Å². The van der Waals surface area contributed by atoms with Crippen molar-refractivity contribution in [3.8, 4) is 0 Å². The Kier molecular flexibility index (Phi) is 3.35. The summed E-state index contributed by atoms with van der Waals surface area (Å²) in [5.74, 6) is -2.05. The van der Waals surface area contributed by atoms with Gasteiger partial charge in [-0.2, -0.15) is 13.2 Å². The fourth-order valence-corrected chi connectivity index (χ4v) is 0.753. The summed E-state index contributed by atoms with van der Waals surface area (Å²) in [4.78, 5) is 14.0. The molecule has 0 aliphatic carbocycles. The third-order valence-corrected chi connectivity index (χ3v) is 1.51. The van der Waals surface area contributed by atoms with E-state index >= 15 is 0 Å². The van der Waals surface area contributed by atoms with Crippen molar-refractivity contribution < 1.29 is 18.0 Å². The standard InChI is InChI=1S/C7H5ClF3N3O/c8-4-1-2-5(12-3-4)13-14-6(15)7(9,10)11/h1-3H,(H,12,13)(H,14,15). The van der Waals surface area contributed by atoms with Crippen LogP contribution in [-0.4, -0.2) is 17.1 Å². The molecule has 1 amide bonds. The molecule has 0 atom stereocenters. The number of halogens is 4. The average Bonchev–Trinajstić information content (AvgIpc) is 2.15. The number of hydrogen-bond acceptors (Lipinski definition) is 3. The molecule has 0 saturated carbocycles. The summed E-state index contributed by atoms with van der Waals surface area (Å²) in [5.41, 5.74) is 3.43. The van der Waals surface area contributed by atoms with Crippen molar-refractivity contribution in [3.05, 3.63) is 23.4 Å². The highest BCUT2D eigenvalue weighted by Gasteiger charge is 2.38. The predicted octanol–water partition coefficient (Wildman–Crippen LogP) is 1.74. The van der Waals surface area contributed by atoms with Gasteiger partial charge in [-0.1, -0.05) is 11.6 Å². The van der Waals surface area contributed by atoms with Gasteiger partial charge in [-0.05, 0) is 12.1 Å². The molecule has 0 saturated heterocycles. The highest BCUT2D eigenvalue weighted by molar-refractivity contribution is 6.30. The van der Waals surface area contributed by atoms with E-state index in [9.17, 15) is 18.0 Å². The monoisotopic (exact) mass is 239 g/mol. The van der Waals surface area contributed by atoms with E-state index in [1.165, 1.54) is 23.8 Å². The number of carbonyl (C=O) groups excluding carboxylic acids is 1. The van der Waals surface area contributed by atoms with Gasteiger partial charge in [0.1, 0.15) is 5.82 Å². The molecule has 8 heteroatoms. The number of nitrogens with zero attached hydrogens (tertiary/aromatic N) is 1. The number of alkyl halides is 3. The summed E-state index contributed by atoms with van der Waals surface area (Å²) in [6.45, 7) is 0. The molecule has 1 aromatic rings. The van der Waals surface area contributed by atoms with Crippen LogP contribution in [0.3, 0.4) is 0 Å².